The molecular formula is C23H34N2O4. The zero-order valence-electron chi connectivity index (χ0n) is 18.2. The van der Waals surface area contributed by atoms with E-state index in [1.54, 1.807) is 0 Å². The van der Waals surface area contributed by atoms with Gasteiger partial charge >= 0.3 is 12.2 Å². The third-order valence-corrected chi connectivity index (χ3v) is 4.79. The van der Waals surface area contributed by atoms with Crippen LogP contribution >= 0.6 is 0 Å². The van der Waals surface area contributed by atoms with Crippen LogP contribution in [0.15, 0.2) is 42.5 Å². The lowest BCUT2D eigenvalue weighted by atomic mass is 9.74. The molecule has 0 aliphatic heterocycles. The fourth-order valence-corrected chi connectivity index (χ4v) is 3.55. The molecule has 0 heterocycles. The molecule has 0 spiro atoms. The highest BCUT2D eigenvalue weighted by molar-refractivity contribution is 5.69. The average Bonchev–Trinajstić information content (AvgIpc) is 2.57. The molecule has 2 amide bonds. The summed E-state index contributed by atoms with van der Waals surface area (Å²) in [4.78, 5) is 24.2. The van der Waals surface area contributed by atoms with Gasteiger partial charge in [0.25, 0.3) is 0 Å². The van der Waals surface area contributed by atoms with Gasteiger partial charge < -0.3 is 20.1 Å². The Morgan fingerprint density at radius 3 is 2.31 bits per heavy atom. The Morgan fingerprint density at radius 2 is 1.72 bits per heavy atom. The summed E-state index contributed by atoms with van der Waals surface area (Å²) in [5.74, 6) is 0.373. The number of alkyl carbamates (subject to hydrolysis) is 2. The zero-order valence-corrected chi connectivity index (χ0v) is 18.2. The Kier molecular flexibility index (Phi) is 7.71. The van der Waals surface area contributed by atoms with Crippen LogP contribution in [0.2, 0.25) is 0 Å². The summed E-state index contributed by atoms with van der Waals surface area (Å²) in [7, 11) is 0. The van der Waals surface area contributed by atoms with Gasteiger partial charge in [0.2, 0.25) is 0 Å². The van der Waals surface area contributed by atoms with Crippen LogP contribution in [0.25, 0.3) is 0 Å². The number of carbonyl (C=O) groups is 2. The third kappa shape index (κ3) is 8.18. The first-order chi connectivity index (χ1) is 13.6. The molecule has 0 unspecified atom stereocenters. The maximum atomic E-state index is 12.3. The van der Waals surface area contributed by atoms with Gasteiger partial charge in [-0.15, -0.1) is 0 Å². The summed E-state index contributed by atoms with van der Waals surface area (Å²) < 4.78 is 10.8. The van der Waals surface area contributed by atoms with Crippen LogP contribution in [0.3, 0.4) is 0 Å². The summed E-state index contributed by atoms with van der Waals surface area (Å²) in [6.07, 6.45) is 5.39. The topological polar surface area (TPSA) is 76.7 Å². The van der Waals surface area contributed by atoms with Crippen LogP contribution in [-0.2, 0) is 16.1 Å². The van der Waals surface area contributed by atoms with Gasteiger partial charge in [-0.1, -0.05) is 42.5 Å². The van der Waals surface area contributed by atoms with Crippen molar-refractivity contribution in [2.24, 2.45) is 5.92 Å². The molecule has 29 heavy (non-hydrogen) atoms. The van der Waals surface area contributed by atoms with Crippen LogP contribution in [0.1, 0.15) is 59.4 Å². The SMILES string of the molecule is C/C=C/[C@@](C)(CC1CC(OC(=O)NC(C)(C)C)C1)NC(=O)OCc1ccccc1. The number of rotatable bonds is 7. The van der Waals surface area contributed by atoms with Gasteiger partial charge in [0.15, 0.2) is 0 Å². The number of allylic oxidation sites excluding steroid dienone is 1. The van der Waals surface area contributed by atoms with Crippen LogP contribution in [0, 0.1) is 5.92 Å². The van der Waals surface area contributed by atoms with Crippen molar-refractivity contribution in [1.29, 1.82) is 0 Å². The number of ether oxygens (including phenoxy) is 2. The first-order valence-electron chi connectivity index (χ1n) is 10.2. The molecule has 1 aliphatic rings. The van der Waals surface area contributed by atoms with E-state index in [1.807, 2.05) is 77.1 Å². The lowest BCUT2D eigenvalue weighted by molar-refractivity contribution is 0.00613. The zero-order chi connectivity index (χ0) is 21.5. The molecule has 0 aromatic heterocycles. The van der Waals surface area contributed by atoms with E-state index in [4.69, 9.17) is 9.47 Å². The van der Waals surface area contributed by atoms with Crippen molar-refractivity contribution < 1.29 is 19.1 Å². The summed E-state index contributed by atoms with van der Waals surface area (Å²) in [6.45, 7) is 9.91. The molecule has 1 aromatic rings. The highest BCUT2D eigenvalue weighted by Crippen LogP contribution is 2.36. The Hall–Kier alpha value is -2.50. The van der Waals surface area contributed by atoms with E-state index in [2.05, 4.69) is 10.6 Å². The highest BCUT2D eigenvalue weighted by atomic mass is 16.6. The fourth-order valence-electron chi connectivity index (χ4n) is 3.55. The van der Waals surface area contributed by atoms with Crippen LogP contribution in [0.5, 0.6) is 0 Å². The van der Waals surface area contributed by atoms with E-state index in [9.17, 15) is 9.59 Å². The second-order valence-corrected chi connectivity index (χ2v) is 9.05. The van der Waals surface area contributed by atoms with E-state index in [0.717, 1.165) is 24.8 Å². The Bertz CT molecular complexity index is 705. The van der Waals surface area contributed by atoms with Crippen molar-refractivity contribution in [1.82, 2.24) is 10.6 Å². The highest BCUT2D eigenvalue weighted by Gasteiger charge is 2.38. The molecule has 0 radical (unpaired) electrons. The molecule has 160 valence electrons. The van der Waals surface area contributed by atoms with E-state index in [1.165, 1.54) is 0 Å². The number of carbonyl (C=O) groups excluding carboxylic acids is 2. The molecule has 1 atom stereocenters. The van der Waals surface area contributed by atoms with Gasteiger partial charge in [0.1, 0.15) is 12.7 Å². The van der Waals surface area contributed by atoms with Gasteiger partial charge in [0.05, 0.1) is 5.54 Å². The summed E-state index contributed by atoms with van der Waals surface area (Å²) in [6, 6.07) is 9.59. The standard InChI is InChI=1S/C23H34N2O4/c1-6-12-23(5,25-20(26)28-16-17-10-8-7-9-11-17)15-18-13-19(14-18)29-21(27)24-22(2,3)4/h6-12,18-19H,13-16H2,1-5H3,(H,24,27)(H,25,26)/b12-6+/t18?,19?,23-/m0/s1. The molecule has 1 aromatic carbocycles. The molecule has 1 saturated carbocycles. The van der Waals surface area contributed by atoms with Gasteiger partial charge in [-0.2, -0.15) is 0 Å². The van der Waals surface area contributed by atoms with Crippen LogP contribution in [0.4, 0.5) is 9.59 Å². The first kappa shape index (κ1) is 22.8. The van der Waals surface area contributed by atoms with Crippen molar-refractivity contribution >= 4 is 12.2 Å². The van der Waals surface area contributed by atoms with Crippen molar-refractivity contribution in [2.45, 2.75) is 77.7 Å². The number of benzene rings is 1. The maximum Gasteiger partial charge on any atom is 0.408 e. The first-order valence-corrected chi connectivity index (χ1v) is 10.2. The van der Waals surface area contributed by atoms with E-state index < -0.39 is 11.6 Å². The molecular weight excluding hydrogens is 368 g/mol. The summed E-state index contributed by atoms with van der Waals surface area (Å²) >= 11 is 0. The second kappa shape index (κ2) is 9.81. The third-order valence-electron chi connectivity index (χ3n) is 4.79. The van der Waals surface area contributed by atoms with Crippen molar-refractivity contribution in [3.8, 4) is 0 Å². The molecule has 0 bridgehead atoms. The second-order valence-electron chi connectivity index (χ2n) is 9.05. The Balaban J connectivity index is 1.78. The number of nitrogens with one attached hydrogen (secondary N) is 2. The van der Waals surface area contributed by atoms with Crippen LogP contribution < -0.4 is 10.6 Å². The van der Waals surface area contributed by atoms with Crippen LogP contribution in [-0.4, -0.2) is 29.4 Å². The average molecular weight is 403 g/mol. The lowest BCUT2D eigenvalue weighted by Crippen LogP contribution is -2.49. The molecule has 6 nitrogen and oxygen atoms in total. The summed E-state index contributed by atoms with van der Waals surface area (Å²) in [5, 5.41) is 5.79. The molecule has 1 fully saturated rings. The fraction of sp³-hybridized carbons (Fsp3) is 0.565. The molecule has 2 N–H and O–H groups in total. The number of hydrogen-bond acceptors (Lipinski definition) is 4. The Morgan fingerprint density at radius 1 is 1.07 bits per heavy atom. The smallest absolute Gasteiger partial charge is 0.408 e. The van der Waals surface area contributed by atoms with Gasteiger partial charge in [-0.05, 0) is 65.4 Å². The van der Waals surface area contributed by atoms with Crippen molar-refractivity contribution in [3.63, 3.8) is 0 Å². The molecule has 2 rings (SSSR count). The maximum absolute atomic E-state index is 12.3. The largest absolute Gasteiger partial charge is 0.446 e. The molecule has 0 saturated heterocycles. The van der Waals surface area contributed by atoms with E-state index in [-0.39, 0.29) is 24.3 Å². The van der Waals surface area contributed by atoms with Gasteiger partial charge in [-0.3, -0.25) is 0 Å². The summed E-state index contributed by atoms with van der Waals surface area (Å²) in [5.41, 5.74) is 0.128. The molecule has 1 aliphatic carbocycles. The predicted molar refractivity (Wildman–Crippen MR) is 113 cm³/mol. The number of amides is 2. The monoisotopic (exact) mass is 402 g/mol. The quantitative estimate of drug-likeness (QED) is 0.633. The van der Waals surface area contributed by atoms with Crippen molar-refractivity contribution in [2.75, 3.05) is 0 Å². The predicted octanol–water partition coefficient (Wildman–Crippen LogP) is 4.94. The molecule has 6 heteroatoms. The minimum atomic E-state index is -0.508. The minimum absolute atomic E-state index is 0.0674. The van der Waals surface area contributed by atoms with Crippen molar-refractivity contribution in [3.05, 3.63) is 48.0 Å². The normalized spacial score (nSPS) is 21.0. The van der Waals surface area contributed by atoms with E-state index >= 15 is 0 Å². The Labute approximate surface area is 174 Å². The van der Waals surface area contributed by atoms with E-state index in [0.29, 0.717) is 5.92 Å². The number of hydrogen-bond donors (Lipinski definition) is 2. The van der Waals surface area contributed by atoms with Gasteiger partial charge in [-0.25, -0.2) is 9.59 Å². The van der Waals surface area contributed by atoms with Gasteiger partial charge in [0, 0.05) is 5.54 Å². The minimum Gasteiger partial charge on any atom is -0.446 e. The lowest BCUT2D eigenvalue weighted by Gasteiger charge is -2.40.